The number of carbonyl (C=O) groups is 1. The van der Waals surface area contributed by atoms with Crippen LogP contribution in [0.1, 0.15) is 23.3 Å². The van der Waals surface area contributed by atoms with Gasteiger partial charge in [-0.05, 0) is 18.9 Å². The molecule has 0 radical (unpaired) electrons. The number of nitrogens with one attached hydrogen (secondary N) is 1. The highest BCUT2D eigenvalue weighted by molar-refractivity contribution is 7.07. The van der Waals surface area contributed by atoms with E-state index in [1.807, 2.05) is 6.07 Å². The lowest BCUT2D eigenvalue weighted by atomic mass is 10.1. The third kappa shape index (κ3) is 2.93. The molecule has 3 heterocycles. The van der Waals surface area contributed by atoms with Crippen molar-refractivity contribution in [3.63, 3.8) is 0 Å². The Labute approximate surface area is 120 Å². The van der Waals surface area contributed by atoms with Crippen LogP contribution in [-0.2, 0) is 0 Å². The van der Waals surface area contributed by atoms with Crippen LogP contribution >= 0.6 is 11.3 Å². The van der Waals surface area contributed by atoms with Gasteiger partial charge in [0.25, 0.3) is 5.91 Å². The van der Waals surface area contributed by atoms with Crippen LogP contribution in [0.2, 0.25) is 0 Å². The minimum absolute atomic E-state index is 0.0827. The number of thiazole rings is 1. The zero-order chi connectivity index (χ0) is 13.8. The van der Waals surface area contributed by atoms with Gasteiger partial charge in [0.1, 0.15) is 5.69 Å². The molecule has 7 heteroatoms. The van der Waals surface area contributed by atoms with Gasteiger partial charge < -0.3 is 10.2 Å². The maximum absolute atomic E-state index is 11.9. The molecular formula is C13H15N5OS. The average molecular weight is 289 g/mol. The van der Waals surface area contributed by atoms with Crippen molar-refractivity contribution in [1.29, 1.82) is 0 Å². The number of amides is 1. The van der Waals surface area contributed by atoms with Gasteiger partial charge in [0.15, 0.2) is 0 Å². The Bertz CT molecular complexity index is 551. The maximum Gasteiger partial charge on any atom is 0.270 e. The Balaban J connectivity index is 1.53. The fraction of sp³-hybridized carbons (Fsp3) is 0.385. The van der Waals surface area contributed by atoms with E-state index in [0.717, 1.165) is 31.9 Å². The normalized spacial score (nSPS) is 16.1. The van der Waals surface area contributed by atoms with Crippen LogP contribution in [0.3, 0.4) is 0 Å². The van der Waals surface area contributed by atoms with Crippen LogP contribution in [0.4, 0.5) is 5.95 Å². The van der Waals surface area contributed by atoms with E-state index < -0.39 is 0 Å². The van der Waals surface area contributed by atoms with Gasteiger partial charge in [0.05, 0.1) is 5.51 Å². The molecule has 0 saturated carbocycles. The second kappa shape index (κ2) is 5.96. The number of rotatable bonds is 3. The second-order valence-corrected chi connectivity index (χ2v) is 5.38. The number of hydrogen-bond donors (Lipinski definition) is 1. The van der Waals surface area contributed by atoms with Crippen molar-refractivity contribution < 1.29 is 4.79 Å². The van der Waals surface area contributed by atoms with Crippen LogP contribution in [0.15, 0.2) is 29.4 Å². The molecule has 0 spiro atoms. The molecule has 1 N–H and O–H groups in total. The molecule has 1 aliphatic heterocycles. The summed E-state index contributed by atoms with van der Waals surface area (Å²) in [4.78, 5) is 26.6. The summed E-state index contributed by atoms with van der Waals surface area (Å²) in [5.41, 5.74) is 2.17. The van der Waals surface area contributed by atoms with E-state index in [0.29, 0.717) is 5.69 Å². The van der Waals surface area contributed by atoms with Gasteiger partial charge in [0.2, 0.25) is 5.95 Å². The van der Waals surface area contributed by atoms with Crippen LogP contribution in [0.25, 0.3) is 0 Å². The van der Waals surface area contributed by atoms with Crippen molar-refractivity contribution in [2.45, 2.75) is 18.9 Å². The molecule has 0 bridgehead atoms. The first-order valence-electron chi connectivity index (χ1n) is 6.54. The number of anilines is 1. The summed E-state index contributed by atoms with van der Waals surface area (Å²) in [5, 5.41) is 4.80. The van der Waals surface area contributed by atoms with Gasteiger partial charge in [-0.1, -0.05) is 0 Å². The molecule has 2 aromatic rings. The van der Waals surface area contributed by atoms with Gasteiger partial charge >= 0.3 is 0 Å². The minimum Gasteiger partial charge on any atom is -0.348 e. The molecule has 2 aromatic heterocycles. The molecule has 1 saturated heterocycles. The smallest absolute Gasteiger partial charge is 0.270 e. The standard InChI is InChI=1S/C13H15N5OS/c19-12(11-8-20-9-16-11)17-10-2-6-18(7-3-10)13-14-4-1-5-15-13/h1,4-5,8-10H,2-3,6-7H2,(H,17,19). The highest BCUT2D eigenvalue weighted by Crippen LogP contribution is 2.15. The molecule has 6 nitrogen and oxygen atoms in total. The average Bonchev–Trinajstić information content (AvgIpc) is 3.03. The molecule has 1 fully saturated rings. The lowest BCUT2D eigenvalue weighted by molar-refractivity contribution is 0.0926. The molecule has 20 heavy (non-hydrogen) atoms. The van der Waals surface area contributed by atoms with E-state index in [4.69, 9.17) is 0 Å². The molecule has 0 aliphatic carbocycles. The number of nitrogens with zero attached hydrogens (tertiary/aromatic N) is 4. The molecule has 0 unspecified atom stereocenters. The van der Waals surface area contributed by atoms with Crippen LogP contribution in [0.5, 0.6) is 0 Å². The summed E-state index contributed by atoms with van der Waals surface area (Å²) in [6.07, 6.45) is 5.29. The Morgan fingerprint density at radius 1 is 1.25 bits per heavy atom. The maximum atomic E-state index is 11.9. The van der Waals surface area contributed by atoms with Gasteiger partial charge in [-0.3, -0.25) is 4.79 Å². The zero-order valence-electron chi connectivity index (χ0n) is 10.9. The Morgan fingerprint density at radius 2 is 2.00 bits per heavy atom. The summed E-state index contributed by atoms with van der Waals surface area (Å²) in [6, 6.07) is 2.01. The van der Waals surface area contributed by atoms with Crippen molar-refractivity contribution in [1.82, 2.24) is 20.3 Å². The van der Waals surface area contributed by atoms with E-state index in [2.05, 4.69) is 25.2 Å². The predicted molar refractivity (Wildman–Crippen MR) is 76.8 cm³/mol. The third-order valence-electron chi connectivity index (χ3n) is 3.33. The van der Waals surface area contributed by atoms with Crippen LogP contribution in [-0.4, -0.2) is 40.0 Å². The molecular weight excluding hydrogens is 274 g/mol. The number of aromatic nitrogens is 3. The topological polar surface area (TPSA) is 71.0 Å². The summed E-state index contributed by atoms with van der Waals surface area (Å²) in [5.74, 6) is 0.678. The fourth-order valence-corrected chi connectivity index (χ4v) is 2.79. The number of hydrogen-bond acceptors (Lipinski definition) is 6. The van der Waals surface area contributed by atoms with E-state index in [1.54, 1.807) is 23.3 Å². The predicted octanol–water partition coefficient (Wildman–Crippen LogP) is 1.33. The van der Waals surface area contributed by atoms with Crippen molar-refractivity contribution in [2.24, 2.45) is 0 Å². The Morgan fingerprint density at radius 3 is 2.65 bits per heavy atom. The molecule has 3 rings (SSSR count). The highest BCUT2D eigenvalue weighted by Gasteiger charge is 2.22. The van der Waals surface area contributed by atoms with Crippen molar-refractivity contribution >= 4 is 23.2 Å². The molecule has 0 atom stereocenters. The van der Waals surface area contributed by atoms with E-state index in [1.165, 1.54) is 11.3 Å². The minimum atomic E-state index is -0.0827. The van der Waals surface area contributed by atoms with Crippen LogP contribution in [0, 0.1) is 0 Å². The van der Waals surface area contributed by atoms with Gasteiger partial charge in [-0.15, -0.1) is 11.3 Å². The summed E-state index contributed by atoms with van der Waals surface area (Å²) >= 11 is 1.43. The number of piperidine rings is 1. The molecule has 1 aliphatic rings. The molecule has 104 valence electrons. The van der Waals surface area contributed by atoms with Gasteiger partial charge in [0, 0.05) is 36.9 Å². The lowest BCUT2D eigenvalue weighted by Gasteiger charge is -2.32. The van der Waals surface area contributed by atoms with Crippen molar-refractivity contribution in [3.8, 4) is 0 Å². The Hall–Kier alpha value is -2.02. The first-order chi connectivity index (χ1) is 9.83. The summed E-state index contributed by atoms with van der Waals surface area (Å²) in [7, 11) is 0. The molecule has 1 amide bonds. The van der Waals surface area contributed by atoms with Crippen molar-refractivity contribution in [2.75, 3.05) is 18.0 Å². The first kappa shape index (κ1) is 13.0. The van der Waals surface area contributed by atoms with Crippen LogP contribution < -0.4 is 10.2 Å². The lowest BCUT2D eigenvalue weighted by Crippen LogP contribution is -2.45. The quantitative estimate of drug-likeness (QED) is 0.923. The second-order valence-electron chi connectivity index (χ2n) is 4.66. The SMILES string of the molecule is O=C(NC1CCN(c2ncccn2)CC1)c1cscn1. The number of carbonyl (C=O) groups excluding carboxylic acids is 1. The largest absolute Gasteiger partial charge is 0.348 e. The fourth-order valence-electron chi connectivity index (χ4n) is 2.26. The van der Waals surface area contributed by atoms with Gasteiger partial charge in [-0.25, -0.2) is 15.0 Å². The highest BCUT2D eigenvalue weighted by atomic mass is 32.1. The van der Waals surface area contributed by atoms with E-state index in [9.17, 15) is 4.79 Å². The monoisotopic (exact) mass is 289 g/mol. The zero-order valence-corrected chi connectivity index (χ0v) is 11.7. The first-order valence-corrected chi connectivity index (χ1v) is 7.48. The summed E-state index contributed by atoms with van der Waals surface area (Å²) < 4.78 is 0. The van der Waals surface area contributed by atoms with Crippen molar-refractivity contribution in [3.05, 3.63) is 35.0 Å². The molecule has 0 aromatic carbocycles. The van der Waals surface area contributed by atoms with E-state index in [-0.39, 0.29) is 11.9 Å². The summed E-state index contributed by atoms with van der Waals surface area (Å²) in [6.45, 7) is 1.71. The van der Waals surface area contributed by atoms with E-state index >= 15 is 0 Å². The van der Waals surface area contributed by atoms with Gasteiger partial charge in [-0.2, -0.15) is 0 Å². The Kier molecular flexibility index (Phi) is 3.87. The third-order valence-corrected chi connectivity index (χ3v) is 3.92.